The van der Waals surface area contributed by atoms with Crippen molar-refractivity contribution in [3.05, 3.63) is 42.5 Å². The Kier molecular flexibility index (Phi) is 6.50. The van der Waals surface area contributed by atoms with Gasteiger partial charge in [-0.15, -0.1) is 0 Å². The number of hydrogen-bond acceptors (Lipinski definition) is 4. The molecule has 0 aliphatic rings. The predicted octanol–water partition coefficient (Wildman–Crippen LogP) is 3.02. The highest BCUT2D eigenvalue weighted by atomic mass is 16.6. The Morgan fingerprint density at radius 2 is 2.05 bits per heavy atom. The monoisotopic (exact) mass is 276 g/mol. The molecule has 0 unspecified atom stereocenters. The molecule has 0 saturated heterocycles. The Hall–Kier alpha value is -2.10. The Bertz CT molecular complexity index is 465. The number of hydrogen-bond donors (Lipinski definition) is 0. The zero-order valence-corrected chi connectivity index (χ0v) is 11.9. The van der Waals surface area contributed by atoms with E-state index in [1.54, 1.807) is 24.3 Å². The first-order valence-electron chi connectivity index (χ1n) is 6.56. The van der Waals surface area contributed by atoms with Crippen molar-refractivity contribution in [2.24, 2.45) is 5.92 Å². The predicted molar refractivity (Wildman–Crippen MR) is 76.9 cm³/mol. The molecule has 1 aromatic rings. The molecule has 108 valence electrons. The molecule has 0 fully saturated rings. The summed E-state index contributed by atoms with van der Waals surface area (Å²) in [6.07, 6.45) is 2.00. The van der Waals surface area contributed by atoms with Crippen LogP contribution in [-0.2, 0) is 9.53 Å². The zero-order valence-electron chi connectivity index (χ0n) is 11.9. The fourth-order valence-corrected chi connectivity index (χ4v) is 1.69. The van der Waals surface area contributed by atoms with E-state index in [1.165, 1.54) is 6.08 Å². The summed E-state index contributed by atoms with van der Waals surface area (Å²) in [4.78, 5) is 22.9. The van der Waals surface area contributed by atoms with Crippen molar-refractivity contribution in [3.63, 3.8) is 0 Å². The fraction of sp³-hybridized carbons (Fsp3) is 0.375. The smallest absolute Gasteiger partial charge is 0.347 e. The van der Waals surface area contributed by atoms with Gasteiger partial charge in [0.1, 0.15) is 12.4 Å². The summed E-state index contributed by atoms with van der Waals surface area (Å²) < 4.78 is 10.7. The minimum atomic E-state index is -0.726. The first-order chi connectivity index (χ1) is 9.58. The van der Waals surface area contributed by atoms with E-state index >= 15 is 0 Å². The van der Waals surface area contributed by atoms with Crippen LogP contribution in [-0.4, -0.2) is 25.0 Å². The highest BCUT2D eigenvalue weighted by molar-refractivity contribution is 5.80. The first-order valence-corrected chi connectivity index (χ1v) is 6.56. The highest BCUT2D eigenvalue weighted by Crippen LogP contribution is 2.20. The summed E-state index contributed by atoms with van der Waals surface area (Å²) in [6, 6.07) is 6.80. The van der Waals surface area contributed by atoms with Crippen LogP contribution in [0, 0.1) is 5.92 Å². The molecule has 0 heterocycles. The highest BCUT2D eigenvalue weighted by Gasteiger charge is 2.24. The van der Waals surface area contributed by atoms with Crippen molar-refractivity contribution in [1.29, 1.82) is 0 Å². The van der Waals surface area contributed by atoms with Gasteiger partial charge in [-0.05, 0) is 24.5 Å². The average Bonchev–Trinajstić information content (AvgIpc) is 2.44. The molecule has 0 spiro atoms. The quantitative estimate of drug-likeness (QED) is 0.416. The van der Waals surface area contributed by atoms with Gasteiger partial charge in [0.25, 0.3) is 0 Å². The van der Waals surface area contributed by atoms with Gasteiger partial charge in [0.2, 0.25) is 0 Å². The molecule has 0 amide bonds. The molecule has 1 aromatic carbocycles. The molecule has 4 heteroatoms. The Morgan fingerprint density at radius 3 is 2.65 bits per heavy atom. The molecule has 4 nitrogen and oxygen atoms in total. The van der Waals surface area contributed by atoms with Gasteiger partial charge in [0.05, 0.1) is 5.56 Å². The van der Waals surface area contributed by atoms with Crippen molar-refractivity contribution >= 4 is 12.3 Å². The van der Waals surface area contributed by atoms with Crippen LogP contribution in [0.15, 0.2) is 36.9 Å². The minimum Gasteiger partial charge on any atom is -0.478 e. The third-order valence-corrected chi connectivity index (χ3v) is 2.61. The summed E-state index contributed by atoms with van der Waals surface area (Å²) in [5.74, 6) is 0.211. The first kappa shape index (κ1) is 16.0. The van der Waals surface area contributed by atoms with E-state index in [0.717, 1.165) is 0 Å². The Morgan fingerprint density at radius 1 is 1.35 bits per heavy atom. The largest absolute Gasteiger partial charge is 0.478 e. The summed E-state index contributed by atoms with van der Waals surface area (Å²) in [5, 5.41) is 0. The van der Waals surface area contributed by atoms with Crippen molar-refractivity contribution in [2.75, 3.05) is 6.61 Å². The van der Waals surface area contributed by atoms with Crippen LogP contribution in [0.25, 0.3) is 0 Å². The van der Waals surface area contributed by atoms with E-state index in [2.05, 4.69) is 6.58 Å². The van der Waals surface area contributed by atoms with Crippen LogP contribution in [0.5, 0.6) is 5.75 Å². The van der Waals surface area contributed by atoms with Gasteiger partial charge in [-0.3, -0.25) is 4.79 Å². The summed E-state index contributed by atoms with van der Waals surface area (Å²) in [7, 11) is 0. The van der Waals surface area contributed by atoms with Gasteiger partial charge < -0.3 is 9.47 Å². The molecule has 1 atom stereocenters. The number of para-hydroxylation sites is 1. The number of benzene rings is 1. The molecular formula is C16H20O4. The second-order valence-electron chi connectivity index (χ2n) is 4.81. The number of aldehydes is 1. The fourth-order valence-electron chi connectivity index (χ4n) is 1.69. The van der Waals surface area contributed by atoms with E-state index in [-0.39, 0.29) is 12.5 Å². The van der Waals surface area contributed by atoms with Crippen LogP contribution < -0.4 is 4.74 Å². The van der Waals surface area contributed by atoms with Gasteiger partial charge >= 0.3 is 5.97 Å². The van der Waals surface area contributed by atoms with Gasteiger partial charge in [-0.2, -0.15) is 0 Å². The van der Waals surface area contributed by atoms with E-state index in [1.807, 2.05) is 13.8 Å². The van der Waals surface area contributed by atoms with E-state index < -0.39 is 12.1 Å². The number of carbonyl (C=O) groups excluding carboxylic acids is 2. The molecule has 0 radical (unpaired) electrons. The van der Waals surface area contributed by atoms with Crippen LogP contribution >= 0.6 is 0 Å². The topological polar surface area (TPSA) is 52.6 Å². The van der Waals surface area contributed by atoms with Crippen LogP contribution in [0.1, 0.15) is 30.6 Å². The number of esters is 1. The summed E-state index contributed by atoms with van der Waals surface area (Å²) in [5.41, 5.74) is 0.415. The lowest BCUT2D eigenvalue weighted by atomic mass is 10.1. The van der Waals surface area contributed by atoms with Crippen molar-refractivity contribution in [1.82, 2.24) is 0 Å². The van der Waals surface area contributed by atoms with Crippen molar-refractivity contribution in [3.8, 4) is 5.75 Å². The number of ether oxygens (including phenoxy) is 2. The molecule has 1 rings (SSSR count). The van der Waals surface area contributed by atoms with Gasteiger partial charge in [0.15, 0.2) is 12.4 Å². The maximum atomic E-state index is 12.0. The van der Waals surface area contributed by atoms with Crippen LogP contribution in [0.3, 0.4) is 0 Å². The lowest BCUT2D eigenvalue weighted by Gasteiger charge is -2.20. The molecule has 0 aromatic heterocycles. The summed E-state index contributed by atoms with van der Waals surface area (Å²) >= 11 is 0. The molecular weight excluding hydrogens is 256 g/mol. The Balaban J connectivity index is 2.85. The molecule has 0 aliphatic heterocycles. The van der Waals surface area contributed by atoms with Gasteiger partial charge in [-0.25, -0.2) is 4.79 Å². The molecule has 20 heavy (non-hydrogen) atoms. The lowest BCUT2D eigenvalue weighted by Crippen LogP contribution is -2.31. The third kappa shape index (κ3) is 4.88. The van der Waals surface area contributed by atoms with Crippen LogP contribution in [0.2, 0.25) is 0 Å². The van der Waals surface area contributed by atoms with E-state index in [9.17, 15) is 9.59 Å². The maximum Gasteiger partial charge on any atom is 0.347 e. The molecule has 0 saturated carbocycles. The average molecular weight is 276 g/mol. The maximum absolute atomic E-state index is 12.0. The van der Waals surface area contributed by atoms with E-state index in [0.29, 0.717) is 24.0 Å². The van der Waals surface area contributed by atoms with Gasteiger partial charge in [0, 0.05) is 0 Å². The SMILES string of the molecule is C=CCOC(=O)[C@H](CC(C)C)Oc1ccccc1C=O. The zero-order chi connectivity index (χ0) is 15.0. The van der Waals surface area contributed by atoms with Crippen LogP contribution in [0.4, 0.5) is 0 Å². The standard InChI is InChI=1S/C16H20O4/c1-4-9-19-16(18)15(10-12(2)3)20-14-8-6-5-7-13(14)11-17/h4-8,11-12,15H,1,9-10H2,2-3H3/t15-/m0/s1. The van der Waals surface area contributed by atoms with Gasteiger partial charge in [-0.1, -0.05) is 38.6 Å². The number of rotatable bonds is 8. The lowest BCUT2D eigenvalue weighted by molar-refractivity contribution is -0.151. The van der Waals surface area contributed by atoms with Crippen molar-refractivity contribution < 1.29 is 19.1 Å². The second kappa shape index (κ2) is 8.15. The molecule has 0 bridgehead atoms. The minimum absolute atomic E-state index is 0.145. The third-order valence-electron chi connectivity index (χ3n) is 2.61. The second-order valence-corrected chi connectivity index (χ2v) is 4.81. The van der Waals surface area contributed by atoms with E-state index in [4.69, 9.17) is 9.47 Å². The molecule has 0 N–H and O–H groups in total. The number of carbonyl (C=O) groups is 2. The Labute approximate surface area is 119 Å². The van der Waals surface area contributed by atoms with Crippen molar-refractivity contribution in [2.45, 2.75) is 26.4 Å². The normalized spacial score (nSPS) is 11.8. The molecule has 0 aliphatic carbocycles. The summed E-state index contributed by atoms with van der Waals surface area (Å²) in [6.45, 7) is 7.62.